The number of unbranched alkanes of at least 4 members (excludes halogenated alkanes) is 1. The second-order valence-corrected chi connectivity index (χ2v) is 8.88. The van der Waals surface area contributed by atoms with Crippen molar-refractivity contribution in [1.82, 2.24) is 9.80 Å². The molecule has 11 heteroatoms. The second kappa shape index (κ2) is 15.1. The number of nitrogens with two attached hydrogens (primary N) is 2. The summed E-state index contributed by atoms with van der Waals surface area (Å²) in [6.45, 7) is 0.959. The molecular weight excluding hydrogens is 459 g/mol. The van der Waals surface area contributed by atoms with Crippen LogP contribution in [0.3, 0.4) is 0 Å². The number of aliphatic hydroxyl groups is 3. The minimum Gasteiger partial charge on any atom is -0.388 e. The Bertz CT molecular complexity index is 784. The van der Waals surface area contributed by atoms with Gasteiger partial charge in [-0.3, -0.25) is 9.59 Å². The summed E-state index contributed by atoms with van der Waals surface area (Å²) in [7, 11) is 0. The molecule has 0 bridgehead atoms. The number of rotatable bonds is 6. The molecule has 35 heavy (non-hydrogen) atoms. The summed E-state index contributed by atoms with van der Waals surface area (Å²) >= 11 is 0. The van der Waals surface area contributed by atoms with Crippen molar-refractivity contribution in [1.29, 1.82) is 0 Å². The number of β-amino-alcohol motifs (C(OH)–C–C–N with tert-alkyl or cyclic N) is 1. The minimum absolute atomic E-state index is 0.0494. The zero-order chi connectivity index (χ0) is 25.8. The predicted molar refractivity (Wildman–Crippen MR) is 128 cm³/mol. The van der Waals surface area contributed by atoms with Crippen LogP contribution in [-0.4, -0.2) is 107 Å². The Kier molecular flexibility index (Phi) is 12.5. The third kappa shape index (κ3) is 9.43. The van der Waals surface area contributed by atoms with Gasteiger partial charge in [-0.15, -0.1) is 0 Å². The van der Waals surface area contributed by atoms with Gasteiger partial charge in [-0.2, -0.15) is 0 Å². The highest BCUT2D eigenvalue weighted by Crippen LogP contribution is 2.12. The van der Waals surface area contributed by atoms with E-state index in [-0.39, 0.29) is 37.7 Å². The van der Waals surface area contributed by atoms with Crippen LogP contribution in [0.5, 0.6) is 0 Å². The molecule has 0 spiro atoms. The van der Waals surface area contributed by atoms with Crippen LogP contribution in [0.4, 0.5) is 4.39 Å². The monoisotopic (exact) mass is 498 g/mol. The van der Waals surface area contributed by atoms with E-state index < -0.39 is 36.1 Å². The van der Waals surface area contributed by atoms with Crippen molar-refractivity contribution < 1.29 is 34.0 Å². The molecule has 1 heterocycles. The van der Waals surface area contributed by atoms with Crippen molar-refractivity contribution in [2.24, 2.45) is 11.5 Å². The maximum Gasteiger partial charge on any atom is 0.254 e. The zero-order valence-corrected chi connectivity index (χ0v) is 20.1. The number of ether oxygens (including phenoxy) is 1. The SMILES string of the molecule is NCCCC[C@@H](N)C(=O)N1CCCCOC[C@@H](O)[C@H](O)[C@@H](O)CN(C(=O)c2ccc(F)cc2)CC1. The quantitative estimate of drug-likeness (QED) is 0.326. The Morgan fingerprint density at radius 2 is 1.71 bits per heavy atom. The van der Waals surface area contributed by atoms with E-state index in [1.165, 1.54) is 17.0 Å². The van der Waals surface area contributed by atoms with Crippen LogP contribution in [0.1, 0.15) is 42.5 Å². The first-order chi connectivity index (χ1) is 16.7. The van der Waals surface area contributed by atoms with Gasteiger partial charge in [-0.05, 0) is 56.5 Å². The van der Waals surface area contributed by atoms with Gasteiger partial charge in [-0.25, -0.2) is 4.39 Å². The molecule has 0 radical (unpaired) electrons. The van der Waals surface area contributed by atoms with Crippen molar-refractivity contribution in [2.45, 2.75) is 56.5 Å². The zero-order valence-electron chi connectivity index (χ0n) is 20.1. The number of nitrogens with zero attached hydrogens (tertiary/aromatic N) is 2. The highest BCUT2D eigenvalue weighted by molar-refractivity contribution is 5.94. The van der Waals surface area contributed by atoms with Crippen LogP contribution in [-0.2, 0) is 9.53 Å². The first-order valence-electron chi connectivity index (χ1n) is 12.2. The molecule has 1 saturated heterocycles. The van der Waals surface area contributed by atoms with Crippen molar-refractivity contribution in [3.63, 3.8) is 0 Å². The Morgan fingerprint density at radius 1 is 1.03 bits per heavy atom. The van der Waals surface area contributed by atoms with Crippen LogP contribution < -0.4 is 11.5 Å². The van der Waals surface area contributed by atoms with Gasteiger partial charge in [0.25, 0.3) is 5.91 Å². The Hall–Kier alpha value is -2.15. The summed E-state index contributed by atoms with van der Waals surface area (Å²) in [5.41, 5.74) is 11.8. The van der Waals surface area contributed by atoms with Gasteiger partial charge >= 0.3 is 0 Å². The van der Waals surface area contributed by atoms with E-state index in [4.69, 9.17) is 16.2 Å². The highest BCUT2D eigenvalue weighted by Gasteiger charge is 2.30. The second-order valence-electron chi connectivity index (χ2n) is 8.88. The van der Waals surface area contributed by atoms with Gasteiger partial charge in [0.15, 0.2) is 0 Å². The van der Waals surface area contributed by atoms with E-state index >= 15 is 0 Å². The lowest BCUT2D eigenvalue weighted by Gasteiger charge is -2.33. The van der Waals surface area contributed by atoms with Gasteiger partial charge in [0.1, 0.15) is 24.1 Å². The van der Waals surface area contributed by atoms with E-state index in [1.807, 2.05) is 0 Å². The topological polar surface area (TPSA) is 163 Å². The van der Waals surface area contributed by atoms with Crippen LogP contribution >= 0.6 is 0 Å². The smallest absolute Gasteiger partial charge is 0.254 e. The van der Waals surface area contributed by atoms with Crippen LogP contribution in [0.2, 0.25) is 0 Å². The number of carbonyl (C=O) groups is 2. The Labute approximate surface area is 205 Å². The molecule has 0 unspecified atom stereocenters. The minimum atomic E-state index is -1.55. The molecule has 2 amide bonds. The van der Waals surface area contributed by atoms with Crippen LogP contribution in [0, 0.1) is 5.82 Å². The van der Waals surface area contributed by atoms with Crippen molar-refractivity contribution in [3.05, 3.63) is 35.6 Å². The van der Waals surface area contributed by atoms with E-state index in [9.17, 15) is 29.3 Å². The fraction of sp³-hybridized carbons (Fsp3) is 0.667. The van der Waals surface area contributed by atoms with E-state index in [2.05, 4.69) is 0 Å². The first kappa shape index (κ1) is 29.1. The molecule has 0 aromatic heterocycles. The number of aliphatic hydroxyl groups excluding tert-OH is 3. The lowest BCUT2D eigenvalue weighted by molar-refractivity contribution is -0.133. The Morgan fingerprint density at radius 3 is 2.40 bits per heavy atom. The maximum atomic E-state index is 13.3. The maximum absolute atomic E-state index is 13.3. The number of hydrogen-bond acceptors (Lipinski definition) is 8. The van der Waals surface area contributed by atoms with E-state index in [0.29, 0.717) is 39.0 Å². The summed E-state index contributed by atoms with van der Waals surface area (Å²) in [6, 6.07) is 4.26. The number of hydrogen-bond donors (Lipinski definition) is 5. The van der Waals surface area contributed by atoms with Crippen LogP contribution in [0.25, 0.3) is 0 Å². The molecule has 0 saturated carbocycles. The lowest BCUT2D eigenvalue weighted by Crippen LogP contribution is -2.51. The summed E-state index contributed by atoms with van der Waals surface area (Å²) in [5, 5.41) is 31.0. The largest absolute Gasteiger partial charge is 0.388 e. The molecule has 1 fully saturated rings. The van der Waals surface area contributed by atoms with E-state index in [1.54, 1.807) is 4.90 Å². The molecule has 4 atom stereocenters. The molecule has 1 aromatic carbocycles. The van der Waals surface area contributed by atoms with E-state index in [0.717, 1.165) is 25.0 Å². The molecule has 198 valence electrons. The molecule has 0 aliphatic carbocycles. The molecule has 2 rings (SSSR count). The van der Waals surface area contributed by atoms with Gasteiger partial charge in [0.05, 0.1) is 12.6 Å². The molecule has 1 aromatic rings. The van der Waals surface area contributed by atoms with Gasteiger partial charge in [0, 0.05) is 38.3 Å². The molecule has 10 nitrogen and oxygen atoms in total. The lowest BCUT2D eigenvalue weighted by atomic mass is 10.1. The first-order valence-corrected chi connectivity index (χ1v) is 12.2. The third-order valence-corrected chi connectivity index (χ3v) is 6.07. The Balaban J connectivity index is 2.21. The number of benzene rings is 1. The summed E-state index contributed by atoms with van der Waals surface area (Å²) < 4.78 is 18.7. The predicted octanol–water partition coefficient (Wildman–Crippen LogP) is -0.554. The van der Waals surface area contributed by atoms with Gasteiger partial charge in [0.2, 0.25) is 5.91 Å². The highest BCUT2D eigenvalue weighted by atomic mass is 19.1. The molecule has 7 N–H and O–H groups in total. The normalized spacial score (nSPS) is 24.0. The molecular formula is C24H39FN4O6. The average Bonchev–Trinajstić information content (AvgIpc) is 2.85. The summed E-state index contributed by atoms with van der Waals surface area (Å²) in [6.07, 6.45) is -1.13. The summed E-state index contributed by atoms with van der Waals surface area (Å²) in [4.78, 5) is 29.1. The standard InChI is InChI=1S/C24H39FN4O6/c25-18-8-6-17(7-9-18)23(33)29-13-12-28(24(34)19(27)5-1-2-10-26)11-3-4-14-35-16-21(31)22(32)20(30)15-29/h6-9,19-22,30-32H,1-5,10-16,26-27H2/t19-,20+,21-,22-/m1/s1. The van der Waals surface area contributed by atoms with Crippen molar-refractivity contribution in [3.8, 4) is 0 Å². The van der Waals surface area contributed by atoms with Crippen molar-refractivity contribution in [2.75, 3.05) is 45.9 Å². The number of carbonyl (C=O) groups excluding carboxylic acids is 2. The average molecular weight is 499 g/mol. The fourth-order valence-electron chi connectivity index (χ4n) is 3.89. The van der Waals surface area contributed by atoms with Crippen molar-refractivity contribution >= 4 is 11.8 Å². The molecule has 1 aliphatic rings. The molecule has 1 aliphatic heterocycles. The van der Waals surface area contributed by atoms with Gasteiger partial charge < -0.3 is 41.3 Å². The fourth-order valence-corrected chi connectivity index (χ4v) is 3.89. The van der Waals surface area contributed by atoms with Gasteiger partial charge in [-0.1, -0.05) is 6.42 Å². The number of halogens is 1. The summed E-state index contributed by atoms with van der Waals surface area (Å²) in [5.74, 6) is -1.24. The third-order valence-electron chi connectivity index (χ3n) is 6.07. The van der Waals surface area contributed by atoms with Crippen LogP contribution in [0.15, 0.2) is 24.3 Å². The number of amides is 2.